The molecular weight excluding hydrogens is 399 g/mol. The molecule has 2 aromatic rings. The number of thioether (sulfide) groups is 1. The van der Waals surface area contributed by atoms with Gasteiger partial charge in [0.2, 0.25) is 11.0 Å². The van der Waals surface area contributed by atoms with Crippen LogP contribution in [0, 0.1) is 0 Å². The third kappa shape index (κ3) is 5.12. The van der Waals surface area contributed by atoms with Gasteiger partial charge in [0.15, 0.2) is 4.34 Å². The van der Waals surface area contributed by atoms with Crippen molar-refractivity contribution in [2.75, 3.05) is 17.2 Å². The van der Waals surface area contributed by atoms with Crippen molar-refractivity contribution in [2.45, 2.75) is 23.4 Å². The van der Waals surface area contributed by atoms with E-state index in [0.29, 0.717) is 25.1 Å². The summed E-state index contributed by atoms with van der Waals surface area (Å²) in [6.45, 7) is 4.51. The molecule has 1 amide bonds. The summed E-state index contributed by atoms with van der Waals surface area (Å²) >= 11 is 20.7. The van der Waals surface area contributed by atoms with Crippen LogP contribution in [0.5, 0.6) is 0 Å². The third-order valence-electron chi connectivity index (χ3n) is 2.64. The number of hydrogen-bond donors (Lipinski definition) is 2. The zero-order chi connectivity index (χ0) is 17.0. The Balaban J connectivity index is 2.02. The van der Waals surface area contributed by atoms with E-state index in [1.807, 2.05) is 6.92 Å². The molecule has 0 saturated heterocycles. The Morgan fingerprint density at radius 3 is 2.57 bits per heavy atom. The summed E-state index contributed by atoms with van der Waals surface area (Å²) in [7, 11) is 0. The van der Waals surface area contributed by atoms with Crippen LogP contribution in [0.1, 0.15) is 13.8 Å². The highest BCUT2D eigenvalue weighted by Gasteiger charge is 2.19. The number of nitrogens with zero attached hydrogens (tertiary/aromatic N) is 2. The molecule has 124 valence electrons. The number of aromatic nitrogens is 2. The molecule has 2 rings (SSSR count). The van der Waals surface area contributed by atoms with Crippen LogP contribution in [-0.4, -0.2) is 27.9 Å². The number of benzene rings is 1. The number of nitrogens with one attached hydrogen (secondary N) is 2. The van der Waals surface area contributed by atoms with E-state index in [1.54, 1.807) is 6.92 Å². The second-order valence-electron chi connectivity index (χ2n) is 4.40. The molecule has 1 aromatic heterocycles. The van der Waals surface area contributed by atoms with Gasteiger partial charge in [-0.25, -0.2) is 0 Å². The number of rotatable bonds is 6. The lowest BCUT2D eigenvalue weighted by atomic mass is 10.3. The van der Waals surface area contributed by atoms with E-state index in [2.05, 4.69) is 20.8 Å². The average Bonchev–Trinajstić information content (AvgIpc) is 2.90. The van der Waals surface area contributed by atoms with Gasteiger partial charge in [0.05, 0.1) is 21.0 Å². The van der Waals surface area contributed by atoms with Crippen molar-refractivity contribution in [1.82, 2.24) is 10.2 Å². The van der Waals surface area contributed by atoms with Gasteiger partial charge in [0, 0.05) is 11.6 Å². The molecule has 0 aliphatic carbocycles. The quantitative estimate of drug-likeness (QED) is 0.651. The number of anilines is 2. The zero-order valence-corrected chi connectivity index (χ0v) is 16.1. The van der Waals surface area contributed by atoms with Crippen LogP contribution in [0.2, 0.25) is 15.1 Å². The fraction of sp³-hybridized carbons (Fsp3) is 0.308. The molecule has 5 nitrogen and oxygen atoms in total. The maximum Gasteiger partial charge on any atom is 0.237 e. The van der Waals surface area contributed by atoms with Crippen LogP contribution in [-0.2, 0) is 4.79 Å². The largest absolute Gasteiger partial charge is 0.360 e. The van der Waals surface area contributed by atoms with Crippen LogP contribution in [0.25, 0.3) is 0 Å². The van der Waals surface area contributed by atoms with Crippen molar-refractivity contribution >= 4 is 74.6 Å². The number of amides is 1. The first kappa shape index (κ1) is 18.6. The minimum atomic E-state index is -0.389. The van der Waals surface area contributed by atoms with Gasteiger partial charge >= 0.3 is 0 Å². The van der Waals surface area contributed by atoms with Crippen molar-refractivity contribution < 1.29 is 4.79 Å². The molecule has 0 spiro atoms. The molecular formula is C13H13Cl3N4OS2. The van der Waals surface area contributed by atoms with Crippen LogP contribution in [0.15, 0.2) is 16.5 Å². The standard InChI is InChI=1S/C13H13Cl3N4OS2/c1-3-17-12-19-20-13(23-12)22-6(2)11(21)18-10-8(15)4-7(14)5-9(10)16/h4-6H,3H2,1-2H3,(H,17,19)(H,18,21). The first-order valence-electron chi connectivity index (χ1n) is 6.60. The van der Waals surface area contributed by atoms with Crippen molar-refractivity contribution in [3.8, 4) is 0 Å². The van der Waals surface area contributed by atoms with E-state index in [9.17, 15) is 4.79 Å². The Labute approximate surface area is 157 Å². The molecule has 23 heavy (non-hydrogen) atoms. The molecule has 1 atom stereocenters. The normalized spacial score (nSPS) is 12.0. The summed E-state index contributed by atoms with van der Waals surface area (Å²) in [5.74, 6) is -0.235. The minimum Gasteiger partial charge on any atom is -0.360 e. The van der Waals surface area contributed by atoms with E-state index in [1.165, 1.54) is 35.2 Å². The van der Waals surface area contributed by atoms with E-state index >= 15 is 0 Å². The van der Waals surface area contributed by atoms with E-state index in [-0.39, 0.29) is 11.2 Å². The molecule has 0 aliphatic rings. The highest BCUT2D eigenvalue weighted by atomic mass is 35.5. The summed E-state index contributed by atoms with van der Waals surface area (Å²) < 4.78 is 0.705. The summed E-state index contributed by atoms with van der Waals surface area (Å²) in [6.07, 6.45) is 0. The first-order chi connectivity index (χ1) is 10.9. The summed E-state index contributed by atoms with van der Waals surface area (Å²) in [5, 5.41) is 15.1. The zero-order valence-electron chi connectivity index (χ0n) is 12.2. The van der Waals surface area contributed by atoms with Gasteiger partial charge in [0.25, 0.3) is 0 Å². The third-order valence-corrected chi connectivity index (χ3v) is 5.52. The summed E-state index contributed by atoms with van der Waals surface area (Å²) in [5.41, 5.74) is 0.348. The van der Waals surface area contributed by atoms with Gasteiger partial charge in [0.1, 0.15) is 0 Å². The number of carbonyl (C=O) groups is 1. The lowest BCUT2D eigenvalue weighted by Crippen LogP contribution is -2.22. The molecule has 0 saturated carbocycles. The maximum absolute atomic E-state index is 12.3. The highest BCUT2D eigenvalue weighted by Crippen LogP contribution is 2.35. The van der Waals surface area contributed by atoms with Gasteiger partial charge in [-0.1, -0.05) is 57.9 Å². The van der Waals surface area contributed by atoms with Crippen LogP contribution in [0.4, 0.5) is 10.8 Å². The SMILES string of the molecule is CCNc1nnc(SC(C)C(=O)Nc2c(Cl)cc(Cl)cc2Cl)s1. The molecule has 0 fully saturated rings. The van der Waals surface area contributed by atoms with Gasteiger partial charge < -0.3 is 10.6 Å². The first-order valence-corrected chi connectivity index (χ1v) is 9.43. The molecule has 1 aromatic carbocycles. The molecule has 1 heterocycles. The van der Waals surface area contributed by atoms with E-state index in [0.717, 1.165) is 11.7 Å². The monoisotopic (exact) mass is 410 g/mol. The highest BCUT2D eigenvalue weighted by molar-refractivity contribution is 8.02. The number of hydrogen-bond acceptors (Lipinski definition) is 6. The Morgan fingerprint density at radius 1 is 1.30 bits per heavy atom. The smallest absolute Gasteiger partial charge is 0.237 e. The maximum atomic E-state index is 12.3. The minimum absolute atomic E-state index is 0.235. The van der Waals surface area contributed by atoms with E-state index in [4.69, 9.17) is 34.8 Å². The fourth-order valence-corrected chi connectivity index (χ4v) is 4.45. The Hall–Kier alpha value is -0.730. The average molecular weight is 412 g/mol. The van der Waals surface area contributed by atoms with Gasteiger partial charge in [-0.2, -0.15) is 0 Å². The molecule has 1 unspecified atom stereocenters. The van der Waals surface area contributed by atoms with Crippen LogP contribution in [0.3, 0.4) is 0 Å². The van der Waals surface area contributed by atoms with Crippen molar-refractivity contribution in [3.63, 3.8) is 0 Å². The topological polar surface area (TPSA) is 66.9 Å². The van der Waals surface area contributed by atoms with Crippen LogP contribution >= 0.6 is 57.9 Å². The fourth-order valence-electron chi connectivity index (χ4n) is 1.57. The molecule has 10 heteroatoms. The van der Waals surface area contributed by atoms with Gasteiger partial charge in [-0.05, 0) is 26.0 Å². The van der Waals surface area contributed by atoms with Crippen molar-refractivity contribution in [3.05, 3.63) is 27.2 Å². The lowest BCUT2D eigenvalue weighted by molar-refractivity contribution is -0.115. The van der Waals surface area contributed by atoms with Gasteiger partial charge in [-0.15, -0.1) is 10.2 Å². The number of carbonyl (C=O) groups excluding carboxylic acids is 1. The summed E-state index contributed by atoms with van der Waals surface area (Å²) in [6, 6.07) is 3.05. The second kappa shape index (κ2) is 8.39. The molecule has 0 bridgehead atoms. The molecule has 0 radical (unpaired) electrons. The predicted molar refractivity (Wildman–Crippen MR) is 99.5 cm³/mol. The number of halogens is 3. The van der Waals surface area contributed by atoms with Crippen molar-refractivity contribution in [1.29, 1.82) is 0 Å². The predicted octanol–water partition coefficient (Wildman–Crippen LogP) is 5.05. The summed E-state index contributed by atoms with van der Waals surface area (Å²) in [4.78, 5) is 12.3. The molecule has 0 aliphatic heterocycles. The van der Waals surface area contributed by atoms with Crippen molar-refractivity contribution in [2.24, 2.45) is 0 Å². The lowest BCUT2D eigenvalue weighted by Gasteiger charge is -2.13. The van der Waals surface area contributed by atoms with Gasteiger partial charge in [-0.3, -0.25) is 4.79 Å². The Kier molecular flexibility index (Phi) is 6.79. The van der Waals surface area contributed by atoms with Crippen LogP contribution < -0.4 is 10.6 Å². The Bertz CT molecular complexity index is 687. The Morgan fingerprint density at radius 2 is 1.96 bits per heavy atom. The second-order valence-corrected chi connectivity index (χ2v) is 8.21. The molecule has 2 N–H and O–H groups in total. The van der Waals surface area contributed by atoms with E-state index < -0.39 is 0 Å².